The number of rotatable bonds is 12. The standard InChI is InChI=1S/C53H58/c1-7-11-13-14-20-40(19-9-3)45-34-46(41-28-26-38(5)32-39(6)27-29-41)36-47(35-45)43-22-16-15-21-42(33-43)44-30-31-52-49(23-12-8-2)48(10-4)50-24-17-18-25-51(50)53(52)37-44/h8-9,12,14,16-26,28,31,33-37,39,44H,2-3,7,10-11,13,15,27,29-30,32H2,1,4-6H3. The highest BCUT2D eigenvalue weighted by atomic mass is 14.2. The summed E-state index contributed by atoms with van der Waals surface area (Å²) in [5.41, 5.74) is 13.4. The molecule has 0 aliphatic heterocycles. The van der Waals surface area contributed by atoms with Crippen LogP contribution < -0.4 is 10.4 Å². The zero-order valence-electron chi connectivity index (χ0n) is 32.6. The molecule has 3 aliphatic rings. The van der Waals surface area contributed by atoms with Crippen LogP contribution in [-0.2, 0) is 6.42 Å². The summed E-state index contributed by atoms with van der Waals surface area (Å²) in [6.45, 7) is 17.3. The molecule has 0 nitrogen and oxygen atoms in total. The first-order valence-electron chi connectivity index (χ1n) is 20.1. The van der Waals surface area contributed by atoms with E-state index in [9.17, 15) is 0 Å². The summed E-state index contributed by atoms with van der Waals surface area (Å²) >= 11 is 0. The fraction of sp³-hybridized carbons (Fsp3) is 0.283. The van der Waals surface area contributed by atoms with Gasteiger partial charge >= 0.3 is 0 Å². The van der Waals surface area contributed by atoms with Crippen LogP contribution in [0.5, 0.6) is 0 Å². The molecular formula is C53H58. The number of hydrogen-bond donors (Lipinski definition) is 0. The largest absolute Gasteiger partial charge is 0.0991 e. The fourth-order valence-corrected chi connectivity index (χ4v) is 8.33. The van der Waals surface area contributed by atoms with E-state index in [2.05, 4.69) is 162 Å². The van der Waals surface area contributed by atoms with Crippen LogP contribution in [0, 0.1) is 11.8 Å². The van der Waals surface area contributed by atoms with Crippen LogP contribution in [0.3, 0.4) is 0 Å². The molecule has 0 heterocycles. The summed E-state index contributed by atoms with van der Waals surface area (Å²) in [5.74, 6) is 0.983. The Labute approximate surface area is 319 Å². The maximum atomic E-state index is 4.10. The van der Waals surface area contributed by atoms with Crippen LogP contribution in [0.4, 0.5) is 0 Å². The van der Waals surface area contributed by atoms with E-state index in [1.54, 1.807) is 0 Å². The maximum Gasteiger partial charge on any atom is 0.00594 e. The predicted octanol–water partition coefficient (Wildman–Crippen LogP) is 13.6. The van der Waals surface area contributed by atoms with Gasteiger partial charge in [-0.05, 0) is 147 Å². The molecule has 0 saturated heterocycles. The van der Waals surface area contributed by atoms with Gasteiger partial charge in [-0.15, -0.1) is 0 Å². The van der Waals surface area contributed by atoms with E-state index in [1.807, 2.05) is 12.2 Å². The lowest BCUT2D eigenvalue weighted by atomic mass is 9.83. The minimum Gasteiger partial charge on any atom is -0.0991 e. The van der Waals surface area contributed by atoms with E-state index >= 15 is 0 Å². The fourth-order valence-electron chi connectivity index (χ4n) is 8.33. The zero-order chi connectivity index (χ0) is 37.2. The molecule has 3 aromatic carbocycles. The molecule has 0 aromatic heterocycles. The number of allylic oxidation sites excluding steroid dienone is 17. The molecule has 3 aromatic rings. The van der Waals surface area contributed by atoms with Gasteiger partial charge < -0.3 is 0 Å². The van der Waals surface area contributed by atoms with Crippen molar-refractivity contribution >= 4 is 45.7 Å². The molecular weight excluding hydrogens is 637 g/mol. The van der Waals surface area contributed by atoms with Crippen molar-refractivity contribution in [3.05, 3.63) is 178 Å². The molecule has 2 atom stereocenters. The Kier molecular flexibility index (Phi) is 13.0. The second-order valence-electron chi connectivity index (χ2n) is 15.1. The molecule has 0 saturated carbocycles. The van der Waals surface area contributed by atoms with Gasteiger partial charge in [0, 0.05) is 5.92 Å². The lowest BCUT2D eigenvalue weighted by molar-refractivity contribution is 0.535. The van der Waals surface area contributed by atoms with Gasteiger partial charge in [-0.2, -0.15) is 0 Å². The van der Waals surface area contributed by atoms with Crippen molar-refractivity contribution in [3.63, 3.8) is 0 Å². The normalized spacial score (nSPS) is 19.3. The molecule has 0 bridgehead atoms. The summed E-state index contributed by atoms with van der Waals surface area (Å²) in [6, 6.07) is 16.2. The van der Waals surface area contributed by atoms with E-state index < -0.39 is 0 Å². The summed E-state index contributed by atoms with van der Waals surface area (Å²) in [5, 5.41) is 5.43. The number of benzene rings is 3. The highest BCUT2D eigenvalue weighted by Crippen LogP contribution is 2.35. The second-order valence-corrected chi connectivity index (χ2v) is 15.1. The molecule has 0 spiro atoms. The Bertz CT molecular complexity index is 2230. The van der Waals surface area contributed by atoms with Crippen LogP contribution in [0.2, 0.25) is 0 Å². The van der Waals surface area contributed by atoms with Gasteiger partial charge in [0.05, 0.1) is 0 Å². The van der Waals surface area contributed by atoms with Crippen LogP contribution in [0.1, 0.15) is 107 Å². The summed E-state index contributed by atoms with van der Waals surface area (Å²) < 4.78 is 0. The van der Waals surface area contributed by atoms with Crippen molar-refractivity contribution in [2.24, 2.45) is 11.8 Å². The van der Waals surface area contributed by atoms with Crippen molar-refractivity contribution < 1.29 is 0 Å². The molecule has 270 valence electrons. The van der Waals surface area contributed by atoms with Crippen LogP contribution >= 0.6 is 0 Å². The molecule has 6 rings (SSSR count). The smallest absolute Gasteiger partial charge is 0.00594 e. The minimum absolute atomic E-state index is 0.299. The van der Waals surface area contributed by atoms with E-state index in [-0.39, 0.29) is 0 Å². The Morgan fingerprint density at radius 3 is 2.57 bits per heavy atom. The molecule has 0 radical (unpaired) electrons. The average molecular weight is 695 g/mol. The van der Waals surface area contributed by atoms with Crippen molar-refractivity contribution in [1.82, 2.24) is 0 Å². The first-order chi connectivity index (χ1) is 25.9. The van der Waals surface area contributed by atoms with Gasteiger partial charge in [0.1, 0.15) is 0 Å². The third-order valence-corrected chi connectivity index (χ3v) is 11.1. The van der Waals surface area contributed by atoms with Crippen molar-refractivity contribution in [1.29, 1.82) is 0 Å². The topological polar surface area (TPSA) is 0 Å². The molecule has 53 heavy (non-hydrogen) atoms. The van der Waals surface area contributed by atoms with Gasteiger partial charge in [0.2, 0.25) is 0 Å². The van der Waals surface area contributed by atoms with Gasteiger partial charge in [-0.1, -0.05) is 168 Å². The van der Waals surface area contributed by atoms with Crippen molar-refractivity contribution in [2.45, 2.75) is 85.5 Å². The highest BCUT2D eigenvalue weighted by Gasteiger charge is 2.19. The number of hydrogen-bond acceptors (Lipinski definition) is 0. The maximum absolute atomic E-state index is 4.10. The molecule has 0 heteroatoms. The lowest BCUT2D eigenvalue weighted by Crippen LogP contribution is -2.33. The summed E-state index contributed by atoms with van der Waals surface area (Å²) in [4.78, 5) is 0. The number of unbranched alkanes of at least 4 members (excludes halogenated alkanes) is 2. The molecule has 0 N–H and O–H groups in total. The molecule has 0 amide bonds. The molecule has 3 aliphatic carbocycles. The van der Waals surface area contributed by atoms with Crippen LogP contribution in [0.25, 0.3) is 45.7 Å². The third-order valence-electron chi connectivity index (χ3n) is 11.1. The number of fused-ring (bicyclic) bond motifs is 3. The van der Waals surface area contributed by atoms with E-state index in [0.29, 0.717) is 11.8 Å². The Morgan fingerprint density at radius 2 is 1.77 bits per heavy atom. The monoisotopic (exact) mass is 694 g/mol. The quantitative estimate of drug-likeness (QED) is 0.131. The SMILES string of the molecule is C=CC=Cc1c(CC)c2ccccc2c2c1=CCC(C1=CCC=CC(c3cc(C(C=CCCCC)=CC=C)cc(C4=CC=C(C)CC(C)CC4)c3)=C1)C=2. The lowest BCUT2D eigenvalue weighted by Gasteiger charge is -2.21. The van der Waals surface area contributed by atoms with Crippen molar-refractivity contribution in [2.75, 3.05) is 0 Å². The van der Waals surface area contributed by atoms with Crippen LogP contribution in [0.15, 0.2) is 140 Å². The first kappa shape index (κ1) is 37.8. The Balaban J connectivity index is 1.48. The van der Waals surface area contributed by atoms with Gasteiger partial charge in [0.25, 0.3) is 0 Å². The minimum atomic E-state index is 0.299. The number of aryl methyl sites for hydroxylation is 1. The molecule has 0 fully saturated rings. The average Bonchev–Trinajstić information content (AvgIpc) is 3.44. The van der Waals surface area contributed by atoms with E-state index in [4.69, 9.17) is 0 Å². The zero-order valence-corrected chi connectivity index (χ0v) is 32.6. The predicted molar refractivity (Wildman–Crippen MR) is 237 cm³/mol. The Morgan fingerprint density at radius 1 is 0.943 bits per heavy atom. The van der Waals surface area contributed by atoms with E-state index in [0.717, 1.165) is 32.1 Å². The van der Waals surface area contributed by atoms with Gasteiger partial charge in [-0.3, -0.25) is 0 Å². The van der Waals surface area contributed by atoms with E-state index in [1.165, 1.54) is 103 Å². The van der Waals surface area contributed by atoms with Crippen LogP contribution in [-0.4, -0.2) is 0 Å². The third kappa shape index (κ3) is 9.00. The summed E-state index contributed by atoms with van der Waals surface area (Å²) in [6.07, 6.45) is 44.2. The second kappa shape index (κ2) is 18.2. The van der Waals surface area contributed by atoms with Gasteiger partial charge in [-0.25, -0.2) is 0 Å². The van der Waals surface area contributed by atoms with Crippen molar-refractivity contribution in [3.8, 4) is 0 Å². The van der Waals surface area contributed by atoms with Gasteiger partial charge in [0.15, 0.2) is 0 Å². The summed E-state index contributed by atoms with van der Waals surface area (Å²) in [7, 11) is 0. The first-order valence-corrected chi connectivity index (χ1v) is 20.1. The molecule has 2 unspecified atom stereocenters. The highest BCUT2D eigenvalue weighted by molar-refractivity contribution is 5.91. The Hall–Kier alpha value is -4.94.